The summed E-state index contributed by atoms with van der Waals surface area (Å²) in [4.78, 5) is 11.8. The van der Waals surface area contributed by atoms with Crippen molar-refractivity contribution in [2.75, 3.05) is 0 Å². The lowest BCUT2D eigenvalue weighted by Gasteiger charge is -2.21. The summed E-state index contributed by atoms with van der Waals surface area (Å²) >= 11 is 0. The van der Waals surface area contributed by atoms with Crippen LogP contribution in [0.5, 0.6) is 0 Å². The third kappa shape index (κ3) is 3.10. The molecule has 0 bridgehead atoms. The summed E-state index contributed by atoms with van der Waals surface area (Å²) < 4.78 is 6.58. The van der Waals surface area contributed by atoms with Crippen LogP contribution in [0.15, 0.2) is 18.3 Å². The lowest BCUT2D eigenvalue weighted by atomic mass is 10.2. The number of carbonyl (C=O) groups excluding carboxylic acids is 1. The maximum absolute atomic E-state index is 11.8. The van der Waals surface area contributed by atoms with E-state index in [9.17, 15) is 9.90 Å². The number of nitrogens with zero attached hydrogens (tertiary/aromatic N) is 1. The molecule has 0 aliphatic heterocycles. The second kappa shape index (κ2) is 4.70. The summed E-state index contributed by atoms with van der Waals surface area (Å²) in [7, 11) is 0. The minimum absolute atomic E-state index is 0.458. The van der Waals surface area contributed by atoms with Crippen molar-refractivity contribution < 1.29 is 14.6 Å². The van der Waals surface area contributed by atoms with Gasteiger partial charge in [-0.15, -0.1) is 0 Å². The molecule has 1 atom stereocenters. The van der Waals surface area contributed by atoms with E-state index < -0.39 is 17.8 Å². The molecule has 0 saturated heterocycles. The Bertz CT molecular complexity index is 363. The molecule has 0 aliphatic carbocycles. The molecule has 1 rings (SSSR count). The molecule has 0 saturated carbocycles. The van der Waals surface area contributed by atoms with Crippen LogP contribution in [0.4, 0.5) is 4.79 Å². The van der Waals surface area contributed by atoms with Gasteiger partial charge in [-0.2, -0.15) is 0 Å². The predicted molar refractivity (Wildman–Crippen MR) is 61.3 cm³/mol. The Morgan fingerprint density at radius 2 is 2.19 bits per heavy atom. The fourth-order valence-corrected chi connectivity index (χ4v) is 1.35. The van der Waals surface area contributed by atoms with E-state index in [4.69, 9.17) is 4.74 Å². The zero-order valence-corrected chi connectivity index (χ0v) is 10.2. The van der Waals surface area contributed by atoms with Crippen LogP contribution in [-0.4, -0.2) is 21.4 Å². The maximum Gasteiger partial charge on any atom is 0.418 e. The van der Waals surface area contributed by atoms with Crippen LogP contribution < -0.4 is 0 Å². The van der Waals surface area contributed by atoms with Gasteiger partial charge in [0.1, 0.15) is 5.60 Å². The SMILES string of the molecule is CCC(O)c1cccn1C(=O)OC(C)(C)C. The molecule has 4 heteroatoms. The van der Waals surface area contributed by atoms with Gasteiger partial charge in [-0.25, -0.2) is 4.79 Å². The summed E-state index contributed by atoms with van der Waals surface area (Å²) in [6.45, 7) is 7.29. The molecule has 1 unspecified atom stereocenters. The number of rotatable bonds is 2. The van der Waals surface area contributed by atoms with Gasteiger partial charge in [0.05, 0.1) is 11.8 Å². The Hall–Kier alpha value is -1.29. The normalized spacial score (nSPS) is 13.6. The fourth-order valence-electron chi connectivity index (χ4n) is 1.35. The minimum atomic E-state index is -0.637. The van der Waals surface area contributed by atoms with Crippen molar-refractivity contribution in [3.63, 3.8) is 0 Å². The molecule has 0 aliphatic rings. The Morgan fingerprint density at radius 1 is 1.56 bits per heavy atom. The zero-order chi connectivity index (χ0) is 12.3. The molecule has 1 heterocycles. The second-order valence-electron chi connectivity index (χ2n) is 4.71. The fraction of sp³-hybridized carbons (Fsp3) is 0.583. The number of aliphatic hydroxyl groups excluding tert-OH is 1. The molecule has 1 N–H and O–H groups in total. The average molecular weight is 225 g/mol. The highest BCUT2D eigenvalue weighted by molar-refractivity contribution is 5.72. The predicted octanol–water partition coefficient (Wildman–Crippen LogP) is 2.71. The van der Waals surface area contributed by atoms with Crippen LogP contribution in [-0.2, 0) is 4.74 Å². The summed E-state index contributed by atoms with van der Waals surface area (Å²) in [5, 5.41) is 9.72. The standard InChI is InChI=1S/C12H19NO3/c1-5-10(14)9-7-6-8-13(9)11(15)16-12(2,3)4/h6-8,10,14H,5H2,1-4H3. The number of aliphatic hydroxyl groups is 1. The van der Waals surface area contributed by atoms with E-state index in [1.54, 1.807) is 18.3 Å². The topological polar surface area (TPSA) is 51.5 Å². The minimum Gasteiger partial charge on any atom is -0.443 e. The molecular weight excluding hydrogens is 206 g/mol. The highest BCUT2D eigenvalue weighted by atomic mass is 16.6. The molecule has 90 valence electrons. The number of hydrogen-bond donors (Lipinski definition) is 1. The van der Waals surface area contributed by atoms with Gasteiger partial charge in [0.15, 0.2) is 0 Å². The Labute approximate surface area is 95.8 Å². The van der Waals surface area contributed by atoms with Gasteiger partial charge in [-0.3, -0.25) is 4.57 Å². The van der Waals surface area contributed by atoms with E-state index in [1.807, 2.05) is 27.7 Å². The van der Waals surface area contributed by atoms with Crippen LogP contribution in [0, 0.1) is 0 Å². The lowest BCUT2D eigenvalue weighted by molar-refractivity contribution is 0.0512. The third-order valence-corrected chi connectivity index (χ3v) is 2.10. The van der Waals surface area contributed by atoms with Gasteiger partial charge in [-0.1, -0.05) is 6.92 Å². The maximum atomic E-state index is 11.8. The molecule has 1 aromatic rings. The Kier molecular flexibility index (Phi) is 3.75. The van der Waals surface area contributed by atoms with Gasteiger partial charge in [0.25, 0.3) is 0 Å². The molecule has 4 nitrogen and oxygen atoms in total. The quantitative estimate of drug-likeness (QED) is 0.842. The largest absolute Gasteiger partial charge is 0.443 e. The van der Waals surface area contributed by atoms with Gasteiger partial charge < -0.3 is 9.84 Å². The van der Waals surface area contributed by atoms with Crippen LogP contribution in [0.2, 0.25) is 0 Å². The first-order chi connectivity index (χ1) is 7.35. The number of hydrogen-bond acceptors (Lipinski definition) is 3. The molecular formula is C12H19NO3. The van der Waals surface area contributed by atoms with E-state index in [2.05, 4.69) is 0 Å². The van der Waals surface area contributed by atoms with Crippen molar-refractivity contribution >= 4 is 6.09 Å². The van der Waals surface area contributed by atoms with Crippen LogP contribution in [0.3, 0.4) is 0 Å². The summed E-state index contributed by atoms with van der Waals surface area (Å²) in [6, 6.07) is 3.44. The zero-order valence-electron chi connectivity index (χ0n) is 10.2. The van der Waals surface area contributed by atoms with E-state index >= 15 is 0 Å². The Morgan fingerprint density at radius 3 is 2.69 bits per heavy atom. The van der Waals surface area contributed by atoms with Crippen molar-refractivity contribution in [1.82, 2.24) is 4.57 Å². The smallest absolute Gasteiger partial charge is 0.418 e. The first-order valence-electron chi connectivity index (χ1n) is 5.44. The van der Waals surface area contributed by atoms with E-state index in [0.29, 0.717) is 12.1 Å². The third-order valence-electron chi connectivity index (χ3n) is 2.10. The molecule has 0 spiro atoms. The average Bonchev–Trinajstić information content (AvgIpc) is 2.62. The first kappa shape index (κ1) is 12.8. The molecule has 0 fully saturated rings. The number of carbonyl (C=O) groups is 1. The molecule has 16 heavy (non-hydrogen) atoms. The van der Waals surface area contributed by atoms with E-state index in [1.165, 1.54) is 4.57 Å². The molecule has 0 aromatic carbocycles. The number of aromatic nitrogens is 1. The van der Waals surface area contributed by atoms with Crippen molar-refractivity contribution in [1.29, 1.82) is 0 Å². The van der Waals surface area contributed by atoms with Gasteiger partial charge >= 0.3 is 6.09 Å². The van der Waals surface area contributed by atoms with E-state index in [-0.39, 0.29) is 0 Å². The van der Waals surface area contributed by atoms with Gasteiger partial charge in [0, 0.05) is 6.20 Å². The van der Waals surface area contributed by atoms with Crippen molar-refractivity contribution in [3.8, 4) is 0 Å². The van der Waals surface area contributed by atoms with Crippen LogP contribution >= 0.6 is 0 Å². The highest BCUT2D eigenvalue weighted by Crippen LogP contribution is 2.18. The van der Waals surface area contributed by atoms with Crippen molar-refractivity contribution in [2.45, 2.75) is 45.8 Å². The molecule has 0 radical (unpaired) electrons. The van der Waals surface area contributed by atoms with Crippen LogP contribution in [0.25, 0.3) is 0 Å². The van der Waals surface area contributed by atoms with Gasteiger partial charge in [-0.05, 0) is 39.3 Å². The summed E-state index contributed by atoms with van der Waals surface area (Å²) in [6.07, 6.45) is 1.07. The molecule has 0 amide bonds. The van der Waals surface area contributed by atoms with Crippen LogP contribution in [0.1, 0.15) is 45.9 Å². The summed E-state index contributed by atoms with van der Waals surface area (Å²) in [5.41, 5.74) is 0.0345. The number of ether oxygens (including phenoxy) is 1. The molecule has 1 aromatic heterocycles. The highest BCUT2D eigenvalue weighted by Gasteiger charge is 2.21. The van der Waals surface area contributed by atoms with Gasteiger partial charge in [0.2, 0.25) is 0 Å². The first-order valence-corrected chi connectivity index (χ1v) is 5.44. The Balaban J connectivity index is 2.88. The lowest BCUT2D eigenvalue weighted by Crippen LogP contribution is -2.28. The monoisotopic (exact) mass is 225 g/mol. The van der Waals surface area contributed by atoms with E-state index in [0.717, 1.165) is 0 Å². The second-order valence-corrected chi connectivity index (χ2v) is 4.71. The van der Waals surface area contributed by atoms with Crippen molar-refractivity contribution in [3.05, 3.63) is 24.0 Å². The van der Waals surface area contributed by atoms with Crippen molar-refractivity contribution in [2.24, 2.45) is 0 Å². The summed E-state index contributed by atoms with van der Waals surface area (Å²) in [5.74, 6) is 0.